The minimum Gasteiger partial charge on any atom is -0.360 e. The monoisotopic (exact) mass is 292 g/mol. The zero-order chi connectivity index (χ0) is 14.1. The molecule has 0 saturated carbocycles. The summed E-state index contributed by atoms with van der Waals surface area (Å²) in [4.78, 5) is 18.7. The van der Waals surface area contributed by atoms with Crippen molar-refractivity contribution in [1.29, 1.82) is 0 Å². The largest absolute Gasteiger partial charge is 0.360 e. The number of pyridine rings is 1. The average Bonchev–Trinajstić information content (AvgIpc) is 2.81. The third-order valence-corrected chi connectivity index (χ3v) is 6.23. The number of thiol groups is 1. The third-order valence-electron chi connectivity index (χ3n) is 3.77. The molecule has 0 aromatic carbocycles. The SMILES string of the molecule is CC(=O)Nc1cc2c(C3CNCC[SH]3C)c[nH]c2cn1. The molecule has 3 heterocycles. The lowest BCUT2D eigenvalue weighted by Crippen LogP contribution is -2.31. The van der Waals surface area contributed by atoms with Crippen LogP contribution in [0.3, 0.4) is 0 Å². The molecule has 0 bridgehead atoms. The van der Waals surface area contributed by atoms with Crippen LogP contribution in [0.15, 0.2) is 18.5 Å². The van der Waals surface area contributed by atoms with E-state index in [4.69, 9.17) is 0 Å². The van der Waals surface area contributed by atoms with Gasteiger partial charge in [-0.05, 0) is 23.6 Å². The van der Waals surface area contributed by atoms with Gasteiger partial charge in [0.2, 0.25) is 5.91 Å². The van der Waals surface area contributed by atoms with E-state index in [1.165, 1.54) is 23.6 Å². The summed E-state index contributed by atoms with van der Waals surface area (Å²) >= 11 is 0. The fourth-order valence-electron chi connectivity index (χ4n) is 2.72. The van der Waals surface area contributed by atoms with Crippen LogP contribution < -0.4 is 10.6 Å². The number of H-pyrrole nitrogens is 1. The summed E-state index contributed by atoms with van der Waals surface area (Å²) in [5, 5.41) is 7.98. The zero-order valence-electron chi connectivity index (χ0n) is 11.7. The Morgan fingerprint density at radius 1 is 1.55 bits per heavy atom. The van der Waals surface area contributed by atoms with E-state index < -0.39 is 0 Å². The topological polar surface area (TPSA) is 69.8 Å². The number of hydrogen-bond acceptors (Lipinski definition) is 3. The Labute approximate surface area is 120 Å². The van der Waals surface area contributed by atoms with Crippen molar-refractivity contribution in [3.8, 4) is 0 Å². The molecule has 2 aromatic heterocycles. The maximum Gasteiger partial charge on any atom is 0.222 e. The summed E-state index contributed by atoms with van der Waals surface area (Å²) in [6.07, 6.45) is 6.26. The van der Waals surface area contributed by atoms with E-state index in [9.17, 15) is 4.79 Å². The summed E-state index contributed by atoms with van der Waals surface area (Å²) in [5.74, 6) is 1.79. The van der Waals surface area contributed by atoms with Gasteiger partial charge in [-0.1, -0.05) is 0 Å². The van der Waals surface area contributed by atoms with Gasteiger partial charge in [0.05, 0.1) is 11.7 Å². The Hall–Kier alpha value is -1.53. The van der Waals surface area contributed by atoms with Crippen LogP contribution in [0.25, 0.3) is 10.9 Å². The minimum atomic E-state index is -0.0917. The molecule has 2 unspecified atom stereocenters. The van der Waals surface area contributed by atoms with Crippen molar-refractivity contribution in [2.45, 2.75) is 12.2 Å². The van der Waals surface area contributed by atoms with Crippen LogP contribution in [0.4, 0.5) is 5.82 Å². The van der Waals surface area contributed by atoms with E-state index in [2.05, 4.69) is 33.1 Å². The molecule has 1 aliphatic heterocycles. The van der Waals surface area contributed by atoms with Crippen LogP contribution in [0, 0.1) is 0 Å². The van der Waals surface area contributed by atoms with Crippen LogP contribution in [-0.4, -0.2) is 41.0 Å². The predicted octanol–water partition coefficient (Wildman–Crippen LogP) is 1.80. The van der Waals surface area contributed by atoms with E-state index in [0.29, 0.717) is 11.1 Å². The lowest BCUT2D eigenvalue weighted by Gasteiger charge is -2.32. The molecule has 3 rings (SSSR count). The quantitative estimate of drug-likeness (QED) is 0.638. The highest BCUT2D eigenvalue weighted by molar-refractivity contribution is 8.16. The number of hydrogen-bond donors (Lipinski definition) is 4. The molecule has 2 aromatic rings. The van der Waals surface area contributed by atoms with Gasteiger partial charge in [-0.3, -0.25) is 4.79 Å². The number of nitrogens with zero attached hydrogens (tertiary/aromatic N) is 1. The molecule has 1 saturated heterocycles. The summed E-state index contributed by atoms with van der Waals surface area (Å²) in [5.41, 5.74) is 2.37. The molecule has 1 amide bonds. The zero-order valence-corrected chi connectivity index (χ0v) is 12.6. The van der Waals surface area contributed by atoms with Crippen molar-refractivity contribution in [2.24, 2.45) is 0 Å². The van der Waals surface area contributed by atoms with E-state index in [-0.39, 0.29) is 16.8 Å². The number of rotatable bonds is 2. The first-order valence-electron chi connectivity index (χ1n) is 6.80. The van der Waals surface area contributed by atoms with Gasteiger partial charge in [0, 0.05) is 36.8 Å². The van der Waals surface area contributed by atoms with Crippen molar-refractivity contribution in [2.75, 3.05) is 30.4 Å². The van der Waals surface area contributed by atoms with Gasteiger partial charge < -0.3 is 15.6 Å². The van der Waals surface area contributed by atoms with E-state index >= 15 is 0 Å². The summed E-state index contributed by atoms with van der Waals surface area (Å²) < 4.78 is 0. The van der Waals surface area contributed by atoms with Gasteiger partial charge in [-0.25, -0.2) is 15.9 Å². The van der Waals surface area contributed by atoms with Crippen molar-refractivity contribution in [3.05, 3.63) is 24.0 Å². The predicted molar refractivity (Wildman–Crippen MR) is 85.8 cm³/mol. The van der Waals surface area contributed by atoms with Crippen molar-refractivity contribution >= 4 is 33.5 Å². The van der Waals surface area contributed by atoms with Crippen molar-refractivity contribution in [3.63, 3.8) is 0 Å². The number of anilines is 1. The van der Waals surface area contributed by atoms with E-state index in [0.717, 1.165) is 18.6 Å². The van der Waals surface area contributed by atoms with Crippen LogP contribution in [0.5, 0.6) is 0 Å². The second kappa shape index (κ2) is 5.46. The smallest absolute Gasteiger partial charge is 0.222 e. The Balaban J connectivity index is 2.00. The lowest BCUT2D eigenvalue weighted by molar-refractivity contribution is -0.114. The lowest BCUT2D eigenvalue weighted by atomic mass is 10.1. The Morgan fingerprint density at radius 3 is 3.15 bits per heavy atom. The molecule has 20 heavy (non-hydrogen) atoms. The summed E-state index contributed by atoms with van der Waals surface area (Å²) in [7, 11) is 0.00456. The van der Waals surface area contributed by atoms with Crippen LogP contribution >= 0.6 is 10.9 Å². The maximum absolute atomic E-state index is 11.2. The second-order valence-corrected chi connectivity index (χ2v) is 7.83. The third kappa shape index (κ3) is 2.53. The maximum atomic E-state index is 11.2. The standard InChI is InChI=1S/C14H20N4OS/c1-9(19)18-14-5-10-11(6-16-12(10)7-17-14)13-8-15-3-4-20(13)2/h5-7,13,15-16,20H,3-4,8H2,1-2H3,(H,17,18,19). The summed E-state index contributed by atoms with van der Waals surface area (Å²) in [6.45, 7) is 3.66. The first-order valence-corrected chi connectivity index (χ1v) is 8.85. The first-order chi connectivity index (χ1) is 9.65. The van der Waals surface area contributed by atoms with Crippen LogP contribution in [-0.2, 0) is 4.79 Å². The minimum absolute atomic E-state index is 0.00456. The molecule has 2 atom stereocenters. The normalized spacial score (nSPS) is 24.7. The molecule has 0 aliphatic carbocycles. The molecule has 5 nitrogen and oxygen atoms in total. The molecule has 108 valence electrons. The van der Waals surface area contributed by atoms with Gasteiger partial charge in [0.25, 0.3) is 0 Å². The molecule has 1 aliphatic rings. The number of carbonyl (C=O) groups is 1. The molecule has 0 radical (unpaired) electrons. The fraction of sp³-hybridized carbons (Fsp3) is 0.429. The molecule has 3 N–H and O–H groups in total. The van der Waals surface area contributed by atoms with Gasteiger partial charge in [0.15, 0.2) is 0 Å². The molecule has 1 fully saturated rings. The number of nitrogens with one attached hydrogen (secondary N) is 3. The molecule has 6 heteroatoms. The fourth-order valence-corrected chi connectivity index (χ4v) is 4.67. The van der Waals surface area contributed by atoms with Crippen molar-refractivity contribution < 1.29 is 4.79 Å². The average molecular weight is 292 g/mol. The number of aromatic amines is 1. The highest BCUT2D eigenvalue weighted by Gasteiger charge is 2.22. The number of amides is 1. The van der Waals surface area contributed by atoms with Crippen molar-refractivity contribution in [1.82, 2.24) is 15.3 Å². The molecular weight excluding hydrogens is 272 g/mol. The number of aromatic nitrogens is 2. The van der Waals surface area contributed by atoms with Gasteiger partial charge in [0.1, 0.15) is 5.82 Å². The highest BCUT2D eigenvalue weighted by atomic mass is 32.2. The van der Waals surface area contributed by atoms with Crippen LogP contribution in [0.1, 0.15) is 17.7 Å². The molecular formula is C14H20N4OS. The second-order valence-electron chi connectivity index (χ2n) is 5.24. The van der Waals surface area contributed by atoms with Crippen LogP contribution in [0.2, 0.25) is 0 Å². The van der Waals surface area contributed by atoms with E-state index in [1.54, 1.807) is 6.20 Å². The first kappa shape index (κ1) is 13.5. The molecule has 0 spiro atoms. The Bertz CT molecular complexity index is 639. The van der Waals surface area contributed by atoms with Gasteiger partial charge >= 0.3 is 0 Å². The highest BCUT2D eigenvalue weighted by Crippen LogP contribution is 2.43. The Morgan fingerprint density at radius 2 is 2.40 bits per heavy atom. The Kier molecular flexibility index (Phi) is 3.67. The van der Waals surface area contributed by atoms with Gasteiger partial charge in [-0.2, -0.15) is 0 Å². The van der Waals surface area contributed by atoms with Gasteiger partial charge in [-0.15, -0.1) is 0 Å². The van der Waals surface area contributed by atoms with E-state index in [1.807, 2.05) is 6.07 Å². The number of fused-ring (bicyclic) bond motifs is 1. The number of carbonyl (C=O) groups excluding carboxylic acids is 1. The summed E-state index contributed by atoms with van der Waals surface area (Å²) in [6, 6.07) is 1.97.